The predicted molar refractivity (Wildman–Crippen MR) is 100 cm³/mol. The highest BCUT2D eigenvalue weighted by molar-refractivity contribution is 7.98. The van der Waals surface area contributed by atoms with E-state index in [9.17, 15) is 14.9 Å². The van der Waals surface area contributed by atoms with Crippen LogP contribution in [0, 0.1) is 10.1 Å². The third-order valence-electron chi connectivity index (χ3n) is 4.40. The second kappa shape index (κ2) is 8.29. The summed E-state index contributed by atoms with van der Waals surface area (Å²) in [6, 6.07) is 10.5. The number of aromatic nitrogens is 1. The summed E-state index contributed by atoms with van der Waals surface area (Å²) in [6.07, 6.45) is 3.65. The molecule has 1 amide bonds. The Hall–Kier alpha value is -2.45. The second-order valence-corrected chi connectivity index (χ2v) is 6.91. The van der Waals surface area contributed by atoms with Crippen molar-refractivity contribution in [2.75, 3.05) is 32.4 Å². The van der Waals surface area contributed by atoms with Crippen LogP contribution in [-0.4, -0.2) is 58.0 Å². The number of nitro groups is 1. The summed E-state index contributed by atoms with van der Waals surface area (Å²) in [5, 5.41) is 11.3. The van der Waals surface area contributed by atoms with E-state index in [0.717, 1.165) is 30.2 Å². The smallest absolute Gasteiger partial charge is 0.282 e. The molecule has 26 heavy (non-hydrogen) atoms. The van der Waals surface area contributed by atoms with Crippen molar-refractivity contribution in [3.63, 3.8) is 0 Å². The van der Waals surface area contributed by atoms with Crippen LogP contribution in [0.5, 0.6) is 0 Å². The van der Waals surface area contributed by atoms with Crippen LogP contribution in [-0.2, 0) is 6.54 Å². The van der Waals surface area contributed by atoms with Crippen molar-refractivity contribution < 1.29 is 9.72 Å². The summed E-state index contributed by atoms with van der Waals surface area (Å²) >= 11 is 1.46. The van der Waals surface area contributed by atoms with Crippen molar-refractivity contribution in [1.29, 1.82) is 0 Å². The fourth-order valence-corrected chi connectivity index (χ4v) is 3.41. The molecule has 7 nitrogen and oxygen atoms in total. The van der Waals surface area contributed by atoms with E-state index in [0.29, 0.717) is 13.1 Å². The van der Waals surface area contributed by atoms with Crippen molar-refractivity contribution in [2.45, 2.75) is 11.4 Å². The molecule has 8 heteroatoms. The first-order chi connectivity index (χ1) is 12.6. The molecule has 2 heterocycles. The summed E-state index contributed by atoms with van der Waals surface area (Å²) < 4.78 is 0. The third kappa shape index (κ3) is 4.20. The zero-order valence-electron chi connectivity index (χ0n) is 14.5. The van der Waals surface area contributed by atoms with Crippen molar-refractivity contribution in [2.24, 2.45) is 0 Å². The van der Waals surface area contributed by atoms with E-state index in [-0.39, 0.29) is 17.2 Å². The molecule has 1 saturated heterocycles. The number of nitrogens with zero attached hydrogens (tertiary/aromatic N) is 4. The molecule has 0 bridgehead atoms. The third-order valence-corrected chi connectivity index (χ3v) is 5.13. The minimum absolute atomic E-state index is 0.135. The average molecular weight is 372 g/mol. The van der Waals surface area contributed by atoms with Crippen LogP contribution < -0.4 is 0 Å². The summed E-state index contributed by atoms with van der Waals surface area (Å²) in [6.45, 7) is 3.28. The molecule has 0 unspecified atom stereocenters. The number of hydrogen-bond acceptors (Lipinski definition) is 6. The number of carbonyl (C=O) groups is 1. The van der Waals surface area contributed by atoms with Gasteiger partial charge in [-0.25, -0.2) is 0 Å². The summed E-state index contributed by atoms with van der Waals surface area (Å²) in [4.78, 5) is 32.7. The monoisotopic (exact) mass is 372 g/mol. The van der Waals surface area contributed by atoms with Crippen LogP contribution in [0.1, 0.15) is 16.1 Å². The molecular weight excluding hydrogens is 352 g/mol. The SMILES string of the molecule is CSc1ccc([N+](=O)[O-])c(C(=O)N2CCN(Cc3ccccn3)CC2)c1. The Balaban J connectivity index is 1.68. The number of thioether (sulfide) groups is 1. The highest BCUT2D eigenvalue weighted by Gasteiger charge is 2.28. The molecule has 1 aliphatic heterocycles. The Kier molecular flexibility index (Phi) is 5.85. The van der Waals surface area contributed by atoms with E-state index in [1.54, 1.807) is 23.2 Å². The lowest BCUT2D eigenvalue weighted by Crippen LogP contribution is -2.48. The van der Waals surface area contributed by atoms with Gasteiger partial charge in [0.1, 0.15) is 5.56 Å². The predicted octanol–water partition coefficient (Wildman–Crippen LogP) is 2.67. The summed E-state index contributed by atoms with van der Waals surface area (Å²) in [5.41, 5.74) is 1.03. The van der Waals surface area contributed by atoms with Gasteiger partial charge in [0.05, 0.1) is 10.6 Å². The van der Waals surface area contributed by atoms with Crippen LogP contribution in [0.25, 0.3) is 0 Å². The molecule has 136 valence electrons. The fraction of sp³-hybridized carbons (Fsp3) is 0.333. The lowest BCUT2D eigenvalue weighted by atomic mass is 10.1. The van der Waals surface area contributed by atoms with Crippen LogP contribution in [0.15, 0.2) is 47.5 Å². The van der Waals surface area contributed by atoms with Crippen molar-refractivity contribution in [3.8, 4) is 0 Å². The van der Waals surface area contributed by atoms with Crippen LogP contribution in [0.4, 0.5) is 5.69 Å². The van der Waals surface area contributed by atoms with Gasteiger partial charge in [-0.15, -0.1) is 11.8 Å². The Bertz CT molecular complexity index is 792. The van der Waals surface area contributed by atoms with Crippen molar-refractivity contribution in [3.05, 3.63) is 64.0 Å². The van der Waals surface area contributed by atoms with E-state index in [1.807, 2.05) is 24.5 Å². The molecule has 0 N–H and O–H groups in total. The zero-order chi connectivity index (χ0) is 18.5. The van der Waals surface area contributed by atoms with Gasteiger partial charge in [0, 0.05) is 49.9 Å². The quantitative estimate of drug-likeness (QED) is 0.456. The standard InChI is InChI=1S/C18H20N4O3S/c1-26-15-5-6-17(22(24)25)16(12-15)18(23)21-10-8-20(9-11-21)13-14-4-2-3-7-19-14/h2-7,12H,8-11,13H2,1H3. The zero-order valence-corrected chi connectivity index (χ0v) is 15.3. The number of pyridine rings is 1. The first kappa shape index (κ1) is 18.3. The summed E-state index contributed by atoms with van der Waals surface area (Å²) in [5.74, 6) is -0.273. The number of amides is 1. The maximum absolute atomic E-state index is 12.8. The number of nitro benzene ring substituents is 1. The minimum atomic E-state index is -0.491. The maximum Gasteiger partial charge on any atom is 0.282 e. The Morgan fingerprint density at radius 1 is 1.23 bits per heavy atom. The lowest BCUT2D eigenvalue weighted by Gasteiger charge is -2.34. The van der Waals surface area contributed by atoms with Gasteiger partial charge >= 0.3 is 0 Å². The highest BCUT2D eigenvalue weighted by atomic mass is 32.2. The van der Waals surface area contributed by atoms with Gasteiger partial charge in [-0.05, 0) is 30.5 Å². The molecule has 1 aromatic heterocycles. The number of carbonyl (C=O) groups excluding carboxylic acids is 1. The number of benzene rings is 1. The number of rotatable bonds is 5. The molecule has 2 aromatic rings. The second-order valence-electron chi connectivity index (χ2n) is 6.03. The fourth-order valence-electron chi connectivity index (χ4n) is 2.97. The first-order valence-corrected chi connectivity index (χ1v) is 9.55. The Morgan fingerprint density at radius 2 is 2.00 bits per heavy atom. The van der Waals surface area contributed by atoms with Gasteiger partial charge in [-0.1, -0.05) is 6.07 Å². The summed E-state index contributed by atoms with van der Waals surface area (Å²) in [7, 11) is 0. The molecule has 1 aliphatic rings. The normalized spacial score (nSPS) is 15.0. The molecule has 3 rings (SSSR count). The lowest BCUT2D eigenvalue weighted by molar-refractivity contribution is -0.385. The van der Waals surface area contributed by atoms with Crippen LogP contribution in [0.2, 0.25) is 0 Å². The van der Waals surface area contributed by atoms with Gasteiger partial charge in [-0.2, -0.15) is 0 Å². The molecule has 0 atom stereocenters. The van der Waals surface area contributed by atoms with E-state index in [4.69, 9.17) is 0 Å². The van der Waals surface area contributed by atoms with E-state index < -0.39 is 4.92 Å². The number of hydrogen-bond donors (Lipinski definition) is 0. The maximum atomic E-state index is 12.8. The largest absolute Gasteiger partial charge is 0.336 e. The molecule has 0 radical (unpaired) electrons. The van der Waals surface area contributed by atoms with Crippen molar-refractivity contribution in [1.82, 2.24) is 14.8 Å². The van der Waals surface area contributed by atoms with E-state index in [1.165, 1.54) is 17.8 Å². The number of piperazine rings is 1. The van der Waals surface area contributed by atoms with Crippen LogP contribution in [0.3, 0.4) is 0 Å². The van der Waals surface area contributed by atoms with Gasteiger partial charge < -0.3 is 4.90 Å². The van der Waals surface area contributed by atoms with E-state index in [2.05, 4.69) is 9.88 Å². The van der Waals surface area contributed by atoms with Crippen molar-refractivity contribution >= 4 is 23.4 Å². The van der Waals surface area contributed by atoms with Gasteiger partial charge in [0.2, 0.25) is 0 Å². The Morgan fingerprint density at radius 3 is 2.62 bits per heavy atom. The molecule has 0 aliphatic carbocycles. The van der Waals surface area contributed by atoms with Gasteiger partial charge in [-0.3, -0.25) is 24.8 Å². The average Bonchev–Trinajstić information content (AvgIpc) is 2.68. The van der Waals surface area contributed by atoms with E-state index >= 15 is 0 Å². The molecule has 0 saturated carbocycles. The van der Waals surface area contributed by atoms with Gasteiger partial charge in [0.15, 0.2) is 0 Å². The molecule has 1 fully saturated rings. The highest BCUT2D eigenvalue weighted by Crippen LogP contribution is 2.26. The Labute approximate surface area is 156 Å². The van der Waals surface area contributed by atoms with Crippen LogP contribution >= 0.6 is 11.8 Å². The van der Waals surface area contributed by atoms with Gasteiger partial charge in [0.25, 0.3) is 11.6 Å². The first-order valence-electron chi connectivity index (χ1n) is 8.32. The molecular formula is C18H20N4O3S. The molecule has 0 spiro atoms. The minimum Gasteiger partial charge on any atom is -0.336 e. The molecule has 1 aromatic carbocycles. The topological polar surface area (TPSA) is 79.6 Å².